The number of ether oxygens (including phenoxy) is 2. The van der Waals surface area contributed by atoms with Crippen LogP contribution in [0.5, 0.6) is 0 Å². The van der Waals surface area contributed by atoms with Crippen molar-refractivity contribution in [2.24, 2.45) is 5.41 Å². The van der Waals surface area contributed by atoms with Gasteiger partial charge >= 0.3 is 12.4 Å². The largest absolute Gasteiger partial charge is 0.374 e. The zero-order chi connectivity index (χ0) is 22.2. The van der Waals surface area contributed by atoms with Gasteiger partial charge in [0.25, 0.3) is 5.56 Å². The van der Waals surface area contributed by atoms with Crippen molar-refractivity contribution < 1.29 is 23.4 Å². The molecule has 11 heteroatoms. The van der Waals surface area contributed by atoms with Crippen LogP contribution in [0.1, 0.15) is 54.2 Å². The number of hydrogen-bond donors (Lipinski definition) is 2. The lowest BCUT2D eigenvalue weighted by Gasteiger charge is -2.32. The monoisotopic (exact) mass is 450 g/mol. The Hall–Kier alpha value is -0.870. The summed E-state index contributed by atoms with van der Waals surface area (Å²) >= 11 is 5.22. The number of aromatic amines is 1. The standard InChI is InChI=1S/C18H31N2O7PS/c1-17(2,3)10-11-13(26-28(23,29)27-18(4,5)6)14(24-7)15(25-11)20-9-8-12(21)19-16(20)22/h8-9,11,13-15H,10H2,1-7H3,(H,23,29)(H,19,21,22)/t11-,13+,14?,15-,28?/m1/s1. The Morgan fingerprint density at radius 1 is 1.24 bits per heavy atom. The molecule has 1 fully saturated rings. The predicted molar refractivity (Wildman–Crippen MR) is 112 cm³/mol. The smallest absolute Gasteiger partial charge is 0.330 e. The van der Waals surface area contributed by atoms with Gasteiger partial charge in [-0.05, 0) is 44.4 Å². The maximum atomic E-state index is 12.3. The molecule has 1 aliphatic heterocycles. The Morgan fingerprint density at radius 3 is 2.34 bits per heavy atom. The van der Waals surface area contributed by atoms with Crippen LogP contribution in [0.15, 0.2) is 21.9 Å². The summed E-state index contributed by atoms with van der Waals surface area (Å²) in [5.41, 5.74) is -1.99. The molecule has 0 aliphatic carbocycles. The van der Waals surface area contributed by atoms with Crippen LogP contribution in [0, 0.1) is 5.41 Å². The first-order valence-electron chi connectivity index (χ1n) is 9.33. The zero-order valence-electron chi connectivity index (χ0n) is 17.9. The lowest BCUT2D eigenvalue weighted by atomic mass is 9.87. The fraction of sp³-hybridized carbons (Fsp3) is 0.778. The molecule has 2 rings (SSSR count). The fourth-order valence-electron chi connectivity index (χ4n) is 3.23. The Labute approximate surface area is 175 Å². The van der Waals surface area contributed by atoms with Gasteiger partial charge in [-0.1, -0.05) is 20.8 Å². The van der Waals surface area contributed by atoms with Gasteiger partial charge in [-0.2, -0.15) is 0 Å². The van der Waals surface area contributed by atoms with Gasteiger partial charge in [-0.3, -0.25) is 18.9 Å². The minimum atomic E-state index is -3.63. The van der Waals surface area contributed by atoms with Crippen molar-refractivity contribution >= 4 is 18.5 Å². The first-order valence-corrected chi connectivity index (χ1v) is 11.9. The molecule has 0 amide bonds. The number of methoxy groups -OCH3 is 1. The summed E-state index contributed by atoms with van der Waals surface area (Å²) in [6.07, 6.45) is -1.04. The van der Waals surface area contributed by atoms with Gasteiger partial charge in [0.15, 0.2) is 6.23 Å². The van der Waals surface area contributed by atoms with E-state index >= 15 is 0 Å². The highest BCUT2D eigenvalue weighted by molar-refractivity contribution is 8.07. The maximum Gasteiger partial charge on any atom is 0.330 e. The number of nitrogens with one attached hydrogen (secondary N) is 1. The molecule has 5 atom stereocenters. The van der Waals surface area contributed by atoms with Crippen LogP contribution in [0.3, 0.4) is 0 Å². The Balaban J connectivity index is 2.42. The summed E-state index contributed by atoms with van der Waals surface area (Å²) in [5.74, 6) is 0. The first kappa shape index (κ1) is 24.4. The van der Waals surface area contributed by atoms with E-state index in [-0.39, 0.29) is 5.41 Å². The van der Waals surface area contributed by atoms with E-state index < -0.39 is 48.1 Å². The molecular weight excluding hydrogens is 419 g/mol. The molecular formula is C18H31N2O7PS. The molecule has 1 aliphatic rings. The van der Waals surface area contributed by atoms with E-state index in [2.05, 4.69) is 4.98 Å². The second-order valence-electron chi connectivity index (χ2n) is 9.29. The van der Waals surface area contributed by atoms with Crippen molar-refractivity contribution in [3.05, 3.63) is 33.1 Å². The molecule has 2 unspecified atom stereocenters. The molecule has 0 saturated carbocycles. The number of aromatic nitrogens is 2. The van der Waals surface area contributed by atoms with E-state index in [0.29, 0.717) is 6.42 Å². The Morgan fingerprint density at radius 2 is 1.86 bits per heavy atom. The molecule has 0 bridgehead atoms. The average molecular weight is 450 g/mol. The second kappa shape index (κ2) is 8.70. The van der Waals surface area contributed by atoms with Crippen molar-refractivity contribution in [2.45, 2.75) is 78.1 Å². The van der Waals surface area contributed by atoms with Crippen LogP contribution in [-0.4, -0.2) is 45.5 Å². The van der Waals surface area contributed by atoms with Crippen molar-refractivity contribution in [3.63, 3.8) is 0 Å². The van der Waals surface area contributed by atoms with Gasteiger partial charge < -0.3 is 18.9 Å². The van der Waals surface area contributed by atoms with Crippen LogP contribution in [0.25, 0.3) is 0 Å². The van der Waals surface area contributed by atoms with Gasteiger partial charge in [0.2, 0.25) is 0 Å². The molecule has 0 spiro atoms. The van der Waals surface area contributed by atoms with Gasteiger partial charge in [0, 0.05) is 19.4 Å². The van der Waals surface area contributed by atoms with Gasteiger partial charge in [-0.25, -0.2) is 4.79 Å². The second-order valence-corrected chi connectivity index (χ2v) is 12.0. The summed E-state index contributed by atoms with van der Waals surface area (Å²) in [7, 11) is 1.46. The lowest BCUT2D eigenvalue weighted by molar-refractivity contribution is -0.0593. The molecule has 29 heavy (non-hydrogen) atoms. The molecule has 1 aromatic heterocycles. The van der Waals surface area contributed by atoms with Crippen LogP contribution in [0.2, 0.25) is 0 Å². The quantitative estimate of drug-likeness (QED) is 0.635. The molecule has 1 saturated heterocycles. The van der Waals surface area contributed by atoms with Crippen molar-refractivity contribution in [2.75, 3.05) is 7.11 Å². The summed E-state index contributed by atoms with van der Waals surface area (Å²) in [6, 6.07) is 1.23. The van der Waals surface area contributed by atoms with E-state index in [1.807, 2.05) is 20.8 Å². The van der Waals surface area contributed by atoms with E-state index in [0.717, 1.165) is 0 Å². The van der Waals surface area contributed by atoms with Gasteiger partial charge in [0.05, 0.1) is 11.7 Å². The number of hydrogen-bond acceptors (Lipinski definition) is 7. The highest BCUT2D eigenvalue weighted by Gasteiger charge is 2.50. The van der Waals surface area contributed by atoms with Crippen LogP contribution >= 0.6 is 6.72 Å². The van der Waals surface area contributed by atoms with E-state index in [1.165, 1.54) is 23.9 Å². The third-order valence-corrected chi connectivity index (χ3v) is 5.91. The molecule has 2 N–H and O–H groups in total. The summed E-state index contributed by atoms with van der Waals surface area (Å²) < 4.78 is 24.4. The minimum absolute atomic E-state index is 0.141. The third kappa shape index (κ3) is 6.82. The normalized spacial score (nSPS) is 27.7. The topological polar surface area (TPSA) is 112 Å². The molecule has 9 nitrogen and oxygen atoms in total. The summed E-state index contributed by atoms with van der Waals surface area (Å²) in [4.78, 5) is 36.6. The van der Waals surface area contributed by atoms with Crippen LogP contribution in [-0.2, 0) is 30.3 Å². The Bertz CT molecular complexity index is 870. The number of H-pyrrole nitrogens is 1. The highest BCUT2D eigenvalue weighted by Crippen LogP contribution is 2.52. The van der Waals surface area contributed by atoms with E-state index in [9.17, 15) is 14.5 Å². The van der Waals surface area contributed by atoms with E-state index in [1.54, 1.807) is 20.8 Å². The summed E-state index contributed by atoms with van der Waals surface area (Å²) in [6.45, 7) is 7.78. The van der Waals surface area contributed by atoms with Gasteiger partial charge in [0.1, 0.15) is 12.2 Å². The fourth-order valence-corrected chi connectivity index (χ4v) is 5.49. The Kier molecular flexibility index (Phi) is 7.32. The molecule has 0 radical (unpaired) electrons. The number of rotatable bonds is 6. The predicted octanol–water partition coefficient (Wildman–Crippen LogP) is 2.30. The molecule has 1 aromatic rings. The van der Waals surface area contributed by atoms with Crippen LogP contribution in [0.4, 0.5) is 0 Å². The van der Waals surface area contributed by atoms with E-state index in [4.69, 9.17) is 30.3 Å². The van der Waals surface area contributed by atoms with Crippen molar-refractivity contribution in [3.8, 4) is 0 Å². The van der Waals surface area contributed by atoms with Crippen LogP contribution < -0.4 is 11.2 Å². The van der Waals surface area contributed by atoms with Gasteiger partial charge in [-0.15, -0.1) is 0 Å². The number of nitrogens with zero attached hydrogens (tertiary/aromatic N) is 1. The van der Waals surface area contributed by atoms with Crippen molar-refractivity contribution in [1.82, 2.24) is 9.55 Å². The lowest BCUT2D eigenvalue weighted by Crippen LogP contribution is -2.40. The SMILES string of the molecule is COC1[C@@H](OP(O)(=S)OC(C)(C)C)[C@@H](CC(C)(C)C)O[C@H]1n1ccc(=O)[nH]c1=O. The molecule has 166 valence electrons. The molecule has 2 heterocycles. The maximum absolute atomic E-state index is 12.3. The van der Waals surface area contributed by atoms with Crippen molar-refractivity contribution in [1.29, 1.82) is 0 Å². The minimum Gasteiger partial charge on any atom is -0.374 e. The average Bonchev–Trinajstić information content (AvgIpc) is 2.79. The zero-order valence-corrected chi connectivity index (χ0v) is 19.6. The highest BCUT2D eigenvalue weighted by atomic mass is 32.5. The summed E-state index contributed by atoms with van der Waals surface area (Å²) in [5, 5.41) is 0. The first-order chi connectivity index (χ1) is 13.1. The third-order valence-electron chi connectivity index (χ3n) is 4.14. The molecule has 0 aromatic carbocycles.